The average Bonchev–Trinajstić information content (AvgIpc) is 2.52. The molecule has 1 aliphatic rings. The Morgan fingerprint density at radius 2 is 2.00 bits per heavy atom. The predicted octanol–water partition coefficient (Wildman–Crippen LogP) is 1.47. The van der Waals surface area contributed by atoms with E-state index in [1.54, 1.807) is 45.2 Å². The molecule has 0 radical (unpaired) electrons. The van der Waals surface area contributed by atoms with Crippen molar-refractivity contribution in [2.45, 2.75) is 19.9 Å². The second-order valence-electron chi connectivity index (χ2n) is 4.75. The van der Waals surface area contributed by atoms with Gasteiger partial charge in [0.1, 0.15) is 5.75 Å². The Kier molecular flexibility index (Phi) is 4.67. The maximum Gasteiger partial charge on any atom is 0.338 e. The predicted molar refractivity (Wildman–Crippen MR) is 79.6 cm³/mol. The van der Waals surface area contributed by atoms with Gasteiger partial charge in [-0.25, -0.2) is 20.4 Å². The number of methoxy groups -OCH3 is 1. The highest BCUT2D eigenvalue weighted by atomic mass is 16.5. The fraction of sp³-hybridized carbons (Fsp3) is 0.333. The van der Waals surface area contributed by atoms with Crippen LogP contribution in [0.2, 0.25) is 0 Å². The van der Waals surface area contributed by atoms with Gasteiger partial charge in [0.05, 0.1) is 25.3 Å². The van der Waals surface area contributed by atoms with E-state index < -0.39 is 18.0 Å². The number of urea groups is 1. The SMILES string of the molecule is CCOC(=O)C1=C(C)N(N)C(=O)N[C@H]1c1ccc(OC)cc1. The second-order valence-corrected chi connectivity index (χ2v) is 4.75. The third kappa shape index (κ3) is 2.89. The molecule has 1 aromatic carbocycles. The summed E-state index contributed by atoms with van der Waals surface area (Å²) >= 11 is 0. The first-order valence-electron chi connectivity index (χ1n) is 6.86. The van der Waals surface area contributed by atoms with Crippen LogP contribution in [0.3, 0.4) is 0 Å². The Bertz CT molecular complexity index is 610. The van der Waals surface area contributed by atoms with Gasteiger partial charge in [-0.3, -0.25) is 0 Å². The topological polar surface area (TPSA) is 93.9 Å². The number of carbonyl (C=O) groups excluding carboxylic acids is 2. The lowest BCUT2D eigenvalue weighted by Crippen LogP contribution is -2.51. The fourth-order valence-electron chi connectivity index (χ4n) is 2.28. The number of nitrogens with one attached hydrogen (secondary N) is 1. The van der Waals surface area contributed by atoms with Crippen LogP contribution in [0.1, 0.15) is 25.5 Å². The molecule has 0 saturated carbocycles. The van der Waals surface area contributed by atoms with Crippen molar-refractivity contribution < 1.29 is 19.1 Å². The van der Waals surface area contributed by atoms with Crippen molar-refractivity contribution in [3.05, 3.63) is 41.1 Å². The van der Waals surface area contributed by atoms with E-state index in [0.29, 0.717) is 17.0 Å². The summed E-state index contributed by atoms with van der Waals surface area (Å²) in [5.41, 5.74) is 1.42. The highest BCUT2D eigenvalue weighted by molar-refractivity contribution is 5.94. The molecule has 1 heterocycles. The second kappa shape index (κ2) is 6.48. The van der Waals surface area contributed by atoms with Crippen LogP contribution in [0.25, 0.3) is 0 Å². The quantitative estimate of drug-likeness (QED) is 0.499. The molecule has 2 rings (SSSR count). The number of ether oxygens (including phenoxy) is 2. The zero-order valence-electron chi connectivity index (χ0n) is 12.8. The van der Waals surface area contributed by atoms with Gasteiger partial charge in [-0.05, 0) is 31.5 Å². The van der Waals surface area contributed by atoms with Crippen LogP contribution in [-0.2, 0) is 9.53 Å². The third-order valence-corrected chi connectivity index (χ3v) is 3.47. The Labute approximate surface area is 128 Å². The number of amides is 2. The number of carbonyl (C=O) groups is 2. The summed E-state index contributed by atoms with van der Waals surface area (Å²) in [6, 6.07) is 5.98. The van der Waals surface area contributed by atoms with Gasteiger partial charge in [0, 0.05) is 5.70 Å². The summed E-state index contributed by atoms with van der Waals surface area (Å²) in [6.07, 6.45) is 0. The van der Waals surface area contributed by atoms with Crippen molar-refractivity contribution in [1.29, 1.82) is 0 Å². The molecule has 2 amide bonds. The summed E-state index contributed by atoms with van der Waals surface area (Å²) in [7, 11) is 1.57. The van der Waals surface area contributed by atoms with E-state index in [4.69, 9.17) is 15.3 Å². The first-order chi connectivity index (χ1) is 10.5. The molecule has 118 valence electrons. The molecule has 0 unspecified atom stereocenters. The lowest BCUT2D eigenvalue weighted by Gasteiger charge is -2.32. The number of hydrazine groups is 1. The number of allylic oxidation sites excluding steroid dienone is 1. The monoisotopic (exact) mass is 305 g/mol. The number of benzene rings is 1. The molecular formula is C15H19N3O4. The number of hydrogen-bond acceptors (Lipinski definition) is 5. The van der Waals surface area contributed by atoms with Gasteiger partial charge in [0.25, 0.3) is 0 Å². The minimum atomic E-state index is -0.614. The van der Waals surface area contributed by atoms with E-state index in [1.165, 1.54) is 0 Å². The molecule has 0 fully saturated rings. The Balaban J connectivity index is 2.45. The van der Waals surface area contributed by atoms with Crippen LogP contribution in [-0.4, -0.2) is 30.7 Å². The lowest BCUT2D eigenvalue weighted by atomic mass is 9.95. The van der Waals surface area contributed by atoms with Gasteiger partial charge < -0.3 is 14.8 Å². The molecular weight excluding hydrogens is 286 g/mol. The van der Waals surface area contributed by atoms with E-state index in [1.807, 2.05) is 0 Å². The van der Waals surface area contributed by atoms with Crippen molar-refractivity contribution in [1.82, 2.24) is 10.3 Å². The van der Waals surface area contributed by atoms with Crippen molar-refractivity contribution in [2.75, 3.05) is 13.7 Å². The summed E-state index contributed by atoms with van der Waals surface area (Å²) < 4.78 is 10.2. The first-order valence-corrected chi connectivity index (χ1v) is 6.86. The van der Waals surface area contributed by atoms with E-state index in [-0.39, 0.29) is 6.61 Å². The number of esters is 1. The zero-order chi connectivity index (χ0) is 16.3. The highest BCUT2D eigenvalue weighted by Crippen LogP contribution is 2.30. The van der Waals surface area contributed by atoms with Crippen molar-refractivity contribution in [3.8, 4) is 5.75 Å². The molecule has 1 atom stereocenters. The average molecular weight is 305 g/mol. The van der Waals surface area contributed by atoms with Gasteiger partial charge in [0.15, 0.2) is 0 Å². The van der Waals surface area contributed by atoms with E-state index >= 15 is 0 Å². The van der Waals surface area contributed by atoms with Gasteiger partial charge in [-0.15, -0.1) is 0 Å². The highest BCUT2D eigenvalue weighted by Gasteiger charge is 2.35. The number of rotatable bonds is 4. The first kappa shape index (κ1) is 15.8. The largest absolute Gasteiger partial charge is 0.497 e. The molecule has 0 bridgehead atoms. The molecule has 7 nitrogen and oxygen atoms in total. The Hall–Kier alpha value is -2.54. The minimum absolute atomic E-state index is 0.240. The van der Waals surface area contributed by atoms with Gasteiger partial charge in [-0.2, -0.15) is 0 Å². The van der Waals surface area contributed by atoms with E-state index in [9.17, 15) is 9.59 Å². The Morgan fingerprint density at radius 3 is 2.55 bits per heavy atom. The molecule has 0 aromatic heterocycles. The molecule has 7 heteroatoms. The van der Waals surface area contributed by atoms with Crippen LogP contribution in [0.15, 0.2) is 35.5 Å². The van der Waals surface area contributed by atoms with Crippen LogP contribution < -0.4 is 15.9 Å². The summed E-state index contributed by atoms with van der Waals surface area (Å²) in [6.45, 7) is 3.57. The van der Waals surface area contributed by atoms with E-state index in [2.05, 4.69) is 5.32 Å². The number of nitrogens with zero attached hydrogens (tertiary/aromatic N) is 1. The summed E-state index contributed by atoms with van der Waals surface area (Å²) in [5.74, 6) is 5.85. The van der Waals surface area contributed by atoms with Crippen LogP contribution in [0.4, 0.5) is 4.79 Å². The molecule has 3 N–H and O–H groups in total. The molecule has 1 aromatic rings. The number of hydrogen-bond donors (Lipinski definition) is 2. The molecule has 1 aliphatic heterocycles. The molecule has 0 spiro atoms. The van der Waals surface area contributed by atoms with Crippen molar-refractivity contribution >= 4 is 12.0 Å². The summed E-state index contributed by atoms with van der Waals surface area (Å²) in [4.78, 5) is 24.1. The molecule has 0 saturated heterocycles. The fourth-order valence-corrected chi connectivity index (χ4v) is 2.28. The lowest BCUT2D eigenvalue weighted by molar-refractivity contribution is -0.139. The van der Waals surface area contributed by atoms with Gasteiger partial charge >= 0.3 is 12.0 Å². The zero-order valence-corrected chi connectivity index (χ0v) is 12.8. The third-order valence-electron chi connectivity index (χ3n) is 3.47. The smallest absolute Gasteiger partial charge is 0.338 e. The van der Waals surface area contributed by atoms with Gasteiger partial charge in [0.2, 0.25) is 0 Å². The maximum absolute atomic E-state index is 12.2. The molecule has 0 aliphatic carbocycles. The van der Waals surface area contributed by atoms with Crippen LogP contribution in [0, 0.1) is 0 Å². The molecule has 22 heavy (non-hydrogen) atoms. The van der Waals surface area contributed by atoms with E-state index in [0.717, 1.165) is 10.6 Å². The van der Waals surface area contributed by atoms with Crippen molar-refractivity contribution in [3.63, 3.8) is 0 Å². The Morgan fingerprint density at radius 1 is 1.36 bits per heavy atom. The maximum atomic E-state index is 12.2. The summed E-state index contributed by atoms with van der Waals surface area (Å²) in [5, 5.41) is 3.61. The van der Waals surface area contributed by atoms with Crippen LogP contribution in [0.5, 0.6) is 5.75 Å². The normalized spacial score (nSPS) is 18.1. The van der Waals surface area contributed by atoms with Crippen LogP contribution >= 0.6 is 0 Å². The standard InChI is InChI=1S/C15H19N3O4/c1-4-22-14(19)12-9(2)18(16)15(20)17-13(12)10-5-7-11(21-3)8-6-10/h5-8,13H,4,16H2,1-3H3,(H,17,20)/t13-/m0/s1. The minimum Gasteiger partial charge on any atom is -0.497 e. The van der Waals surface area contributed by atoms with Crippen molar-refractivity contribution in [2.24, 2.45) is 5.84 Å². The number of nitrogens with two attached hydrogens (primary N) is 1. The van der Waals surface area contributed by atoms with Gasteiger partial charge in [-0.1, -0.05) is 12.1 Å².